The number of aliphatic hydroxyl groups excluding tert-OH is 1. The van der Waals surface area contributed by atoms with Crippen molar-refractivity contribution in [2.75, 3.05) is 14.1 Å². The van der Waals surface area contributed by atoms with Crippen molar-refractivity contribution >= 4 is 5.91 Å². The highest BCUT2D eigenvalue weighted by molar-refractivity contribution is 5.93. The van der Waals surface area contributed by atoms with Gasteiger partial charge in [-0.2, -0.15) is 5.10 Å². The van der Waals surface area contributed by atoms with Crippen molar-refractivity contribution in [2.45, 2.75) is 64.0 Å². The molecule has 0 saturated heterocycles. The largest absolute Gasteiger partial charge is 0.393 e. The molecule has 1 amide bonds. The lowest BCUT2D eigenvalue weighted by atomic mass is 9.89. The Kier molecular flexibility index (Phi) is 4.52. The number of aliphatic hydroxyl groups is 1. The van der Waals surface area contributed by atoms with Crippen LogP contribution in [-0.4, -0.2) is 45.9 Å². The highest BCUT2D eigenvalue weighted by atomic mass is 16.3. The van der Waals surface area contributed by atoms with Crippen LogP contribution in [0.4, 0.5) is 0 Å². The molecule has 22 heavy (non-hydrogen) atoms. The molecule has 1 N–H and O–H groups in total. The number of hydrogen-bond donors (Lipinski definition) is 1. The van der Waals surface area contributed by atoms with Gasteiger partial charge in [-0.15, -0.1) is 0 Å². The van der Waals surface area contributed by atoms with Crippen LogP contribution in [0.25, 0.3) is 0 Å². The van der Waals surface area contributed by atoms with Gasteiger partial charge >= 0.3 is 0 Å². The zero-order chi connectivity index (χ0) is 15.7. The molecule has 3 rings (SSSR count). The summed E-state index contributed by atoms with van der Waals surface area (Å²) in [5.41, 5.74) is 2.71. The molecular formula is C17H27N3O2. The van der Waals surface area contributed by atoms with Crippen LogP contribution in [0.15, 0.2) is 0 Å². The standard InChI is InChI=1S/C17H27N3O2/c1-19(2)17(22)16-14-10-13(21)8-9-15(14)20(18-16)11-12-6-4-3-5-7-12/h12-13,21H,3-11H2,1-2H3. The van der Waals surface area contributed by atoms with E-state index >= 15 is 0 Å². The topological polar surface area (TPSA) is 58.4 Å². The lowest BCUT2D eigenvalue weighted by Crippen LogP contribution is -2.25. The lowest BCUT2D eigenvalue weighted by molar-refractivity contribution is 0.0818. The fraction of sp³-hybridized carbons (Fsp3) is 0.765. The second-order valence-electron chi connectivity index (χ2n) is 7.06. The van der Waals surface area contributed by atoms with Gasteiger partial charge < -0.3 is 10.0 Å². The van der Waals surface area contributed by atoms with Crippen LogP contribution >= 0.6 is 0 Å². The molecular weight excluding hydrogens is 278 g/mol. The van der Waals surface area contributed by atoms with Crippen molar-refractivity contribution in [2.24, 2.45) is 5.92 Å². The summed E-state index contributed by atoms with van der Waals surface area (Å²) in [7, 11) is 3.52. The van der Waals surface area contributed by atoms with Crippen LogP contribution in [-0.2, 0) is 19.4 Å². The molecule has 1 aromatic rings. The van der Waals surface area contributed by atoms with Crippen LogP contribution in [0.5, 0.6) is 0 Å². The van der Waals surface area contributed by atoms with Gasteiger partial charge in [0, 0.05) is 38.3 Å². The van der Waals surface area contributed by atoms with Crippen molar-refractivity contribution in [3.63, 3.8) is 0 Å². The molecule has 122 valence electrons. The molecule has 2 aliphatic rings. The maximum atomic E-state index is 12.4. The van der Waals surface area contributed by atoms with Crippen molar-refractivity contribution in [3.05, 3.63) is 17.0 Å². The number of carbonyl (C=O) groups excluding carboxylic acids is 1. The maximum absolute atomic E-state index is 12.4. The van der Waals surface area contributed by atoms with Crippen LogP contribution in [0.3, 0.4) is 0 Å². The van der Waals surface area contributed by atoms with Crippen molar-refractivity contribution in [3.8, 4) is 0 Å². The molecule has 2 aliphatic carbocycles. The number of carbonyl (C=O) groups is 1. The molecule has 0 radical (unpaired) electrons. The highest BCUT2D eigenvalue weighted by Gasteiger charge is 2.29. The van der Waals surface area contributed by atoms with Gasteiger partial charge in [-0.05, 0) is 31.6 Å². The van der Waals surface area contributed by atoms with Gasteiger partial charge in [0.25, 0.3) is 5.91 Å². The highest BCUT2D eigenvalue weighted by Crippen LogP contribution is 2.29. The quantitative estimate of drug-likeness (QED) is 0.929. The summed E-state index contributed by atoms with van der Waals surface area (Å²) in [5, 5.41) is 14.6. The predicted octanol–water partition coefficient (Wildman–Crippen LogP) is 2.01. The summed E-state index contributed by atoms with van der Waals surface area (Å²) in [6.07, 6.45) is 8.36. The van der Waals surface area contributed by atoms with E-state index in [0.717, 1.165) is 24.9 Å². The van der Waals surface area contributed by atoms with Gasteiger partial charge in [-0.1, -0.05) is 19.3 Å². The second kappa shape index (κ2) is 6.41. The Morgan fingerprint density at radius 1 is 1.27 bits per heavy atom. The normalized spacial score (nSPS) is 22.4. The number of rotatable bonds is 3. The number of nitrogens with zero attached hydrogens (tertiary/aromatic N) is 3. The zero-order valence-corrected chi connectivity index (χ0v) is 13.7. The Bertz CT molecular complexity index is 544. The van der Waals surface area contributed by atoms with Gasteiger partial charge in [-0.3, -0.25) is 9.48 Å². The molecule has 1 heterocycles. The second-order valence-corrected chi connectivity index (χ2v) is 7.06. The number of amides is 1. The first kappa shape index (κ1) is 15.5. The Morgan fingerprint density at radius 2 is 2.00 bits per heavy atom. The molecule has 1 atom stereocenters. The van der Waals surface area contributed by atoms with E-state index in [2.05, 4.69) is 9.78 Å². The van der Waals surface area contributed by atoms with E-state index in [-0.39, 0.29) is 12.0 Å². The molecule has 1 unspecified atom stereocenters. The number of hydrogen-bond acceptors (Lipinski definition) is 3. The minimum atomic E-state index is -0.339. The van der Waals surface area contributed by atoms with Crippen LogP contribution in [0, 0.1) is 5.92 Å². The van der Waals surface area contributed by atoms with Crippen molar-refractivity contribution in [1.29, 1.82) is 0 Å². The SMILES string of the molecule is CN(C)C(=O)c1nn(CC2CCCCC2)c2c1CC(O)CC2. The van der Waals surface area contributed by atoms with Crippen LogP contribution in [0.1, 0.15) is 60.3 Å². The third-order valence-electron chi connectivity index (χ3n) is 5.09. The third kappa shape index (κ3) is 3.05. The third-order valence-corrected chi connectivity index (χ3v) is 5.09. The molecule has 1 aromatic heterocycles. The summed E-state index contributed by atoms with van der Waals surface area (Å²) in [6, 6.07) is 0. The molecule has 1 saturated carbocycles. The van der Waals surface area contributed by atoms with E-state index in [9.17, 15) is 9.90 Å². The minimum Gasteiger partial charge on any atom is -0.393 e. The average Bonchev–Trinajstić information content (AvgIpc) is 2.85. The van der Waals surface area contributed by atoms with Gasteiger partial charge in [-0.25, -0.2) is 0 Å². The van der Waals surface area contributed by atoms with Gasteiger partial charge in [0.2, 0.25) is 0 Å². The summed E-state index contributed by atoms with van der Waals surface area (Å²) >= 11 is 0. The van der Waals surface area contributed by atoms with E-state index in [1.54, 1.807) is 19.0 Å². The number of aromatic nitrogens is 2. The maximum Gasteiger partial charge on any atom is 0.274 e. The number of fused-ring (bicyclic) bond motifs is 1. The van der Waals surface area contributed by atoms with E-state index in [1.807, 2.05) is 0 Å². The summed E-state index contributed by atoms with van der Waals surface area (Å²) in [5.74, 6) is 0.639. The van der Waals surface area contributed by atoms with Crippen LogP contribution in [0.2, 0.25) is 0 Å². The first-order valence-electron chi connectivity index (χ1n) is 8.54. The molecule has 0 aliphatic heterocycles. The summed E-state index contributed by atoms with van der Waals surface area (Å²) in [6.45, 7) is 0.930. The Labute approximate surface area is 132 Å². The molecule has 5 nitrogen and oxygen atoms in total. The Hall–Kier alpha value is -1.36. The first-order valence-corrected chi connectivity index (χ1v) is 8.54. The fourth-order valence-electron chi connectivity index (χ4n) is 3.82. The molecule has 0 spiro atoms. The van der Waals surface area contributed by atoms with Crippen molar-refractivity contribution < 1.29 is 9.90 Å². The van der Waals surface area contributed by atoms with Gasteiger partial charge in [0.1, 0.15) is 0 Å². The monoisotopic (exact) mass is 305 g/mol. The van der Waals surface area contributed by atoms with E-state index in [4.69, 9.17) is 0 Å². The zero-order valence-electron chi connectivity index (χ0n) is 13.7. The molecule has 0 aromatic carbocycles. The van der Waals surface area contributed by atoms with Gasteiger partial charge in [0.15, 0.2) is 5.69 Å². The van der Waals surface area contributed by atoms with E-state index in [0.29, 0.717) is 18.0 Å². The molecule has 5 heteroatoms. The Balaban J connectivity index is 1.89. The van der Waals surface area contributed by atoms with E-state index in [1.165, 1.54) is 37.8 Å². The Morgan fingerprint density at radius 3 is 2.68 bits per heavy atom. The summed E-state index contributed by atoms with van der Waals surface area (Å²) < 4.78 is 2.08. The average molecular weight is 305 g/mol. The van der Waals surface area contributed by atoms with E-state index < -0.39 is 0 Å². The molecule has 1 fully saturated rings. The molecule has 0 bridgehead atoms. The lowest BCUT2D eigenvalue weighted by Gasteiger charge is -2.24. The minimum absolute atomic E-state index is 0.0484. The first-order chi connectivity index (χ1) is 10.6. The van der Waals surface area contributed by atoms with Crippen molar-refractivity contribution in [1.82, 2.24) is 14.7 Å². The smallest absolute Gasteiger partial charge is 0.274 e. The fourth-order valence-corrected chi connectivity index (χ4v) is 3.82. The van der Waals surface area contributed by atoms with Gasteiger partial charge in [0.05, 0.1) is 6.10 Å². The van der Waals surface area contributed by atoms with Crippen LogP contribution < -0.4 is 0 Å². The summed E-state index contributed by atoms with van der Waals surface area (Å²) in [4.78, 5) is 14.0. The predicted molar refractivity (Wildman–Crippen MR) is 84.9 cm³/mol.